The molecule has 1 aliphatic heterocycles. The molecule has 6 rings (SSSR count). The first-order valence-electron chi connectivity index (χ1n) is 11.5. The van der Waals surface area contributed by atoms with Crippen LogP contribution in [-0.4, -0.2) is 37.6 Å². The monoisotopic (exact) mass is 468 g/mol. The van der Waals surface area contributed by atoms with Crippen LogP contribution in [0.1, 0.15) is 69.9 Å². The highest BCUT2D eigenvalue weighted by atomic mass is 35.5. The average Bonchev–Trinajstić information content (AvgIpc) is 2.65. The highest BCUT2D eigenvalue weighted by Gasteiger charge is 2.50. The highest BCUT2D eigenvalue weighted by Crippen LogP contribution is 2.55. The maximum absolute atomic E-state index is 5.58. The Bertz CT molecular complexity index is 802. The lowest BCUT2D eigenvalue weighted by molar-refractivity contribution is -0.0190. The van der Waals surface area contributed by atoms with Crippen molar-refractivity contribution in [1.82, 2.24) is 5.32 Å². The Balaban J connectivity index is 0.00000136. The van der Waals surface area contributed by atoms with Crippen LogP contribution in [0.3, 0.4) is 0 Å². The molecule has 4 fully saturated rings. The van der Waals surface area contributed by atoms with E-state index in [9.17, 15) is 0 Å². The molecule has 174 valence electrons. The molecule has 0 atom stereocenters. The Morgan fingerprint density at radius 2 is 1.48 bits per heavy atom. The van der Waals surface area contributed by atoms with Gasteiger partial charge < -0.3 is 14.8 Å². The van der Waals surface area contributed by atoms with Crippen molar-refractivity contribution >= 4 is 30.5 Å². The number of fused-ring (bicyclic) bond motifs is 1. The van der Waals surface area contributed by atoms with Crippen LogP contribution in [0, 0.1) is 17.8 Å². The van der Waals surface area contributed by atoms with E-state index in [0.717, 1.165) is 48.6 Å². The van der Waals surface area contributed by atoms with Gasteiger partial charge in [0, 0.05) is 29.8 Å². The average molecular weight is 469 g/mol. The first-order valence-corrected chi connectivity index (χ1v) is 11.5. The van der Waals surface area contributed by atoms with Gasteiger partial charge in [-0.25, -0.2) is 0 Å². The maximum atomic E-state index is 5.58. The van der Waals surface area contributed by atoms with Crippen LogP contribution in [0.5, 0.6) is 11.5 Å². The number of nitrogens with one attached hydrogen (secondary N) is 1. The second-order valence-electron chi connectivity index (χ2n) is 10.8. The number of ether oxygens (including phenoxy) is 2. The third kappa shape index (κ3) is 4.72. The van der Waals surface area contributed by atoms with E-state index in [4.69, 9.17) is 14.5 Å². The second kappa shape index (κ2) is 9.11. The minimum absolute atomic E-state index is 0. The summed E-state index contributed by atoms with van der Waals surface area (Å²) in [7, 11) is 3.42. The standard InChI is InChI=1S/C25H36N2O2.2ClH/c1-24(2)15-19-10-22(28-3)23(29-4)11-20(19)21(27-24)5-6-26-25-12-16-7-17(13-25)9-18(8-16)14-25;;/h10-11,16-18,26H,5-9,12-15H2,1-4H3;2*1H. The zero-order chi connectivity index (χ0) is 20.2. The lowest BCUT2D eigenvalue weighted by Gasteiger charge is -2.57. The van der Waals surface area contributed by atoms with E-state index in [1.807, 2.05) is 0 Å². The number of nitrogens with zero attached hydrogens (tertiary/aromatic N) is 1. The number of aliphatic imine (C=N–C) groups is 1. The van der Waals surface area contributed by atoms with Crippen molar-refractivity contribution in [3.8, 4) is 11.5 Å². The first kappa shape index (κ1) is 24.7. The van der Waals surface area contributed by atoms with Crippen LogP contribution in [0.2, 0.25) is 0 Å². The molecule has 0 aromatic heterocycles. The number of methoxy groups -OCH3 is 2. The quantitative estimate of drug-likeness (QED) is 0.588. The van der Waals surface area contributed by atoms with E-state index < -0.39 is 0 Å². The highest BCUT2D eigenvalue weighted by molar-refractivity contribution is 6.03. The van der Waals surface area contributed by atoms with E-state index >= 15 is 0 Å². The molecule has 0 unspecified atom stereocenters. The zero-order valence-corrected chi connectivity index (χ0v) is 21.0. The van der Waals surface area contributed by atoms with Crippen LogP contribution < -0.4 is 14.8 Å². The molecule has 5 aliphatic rings. The molecule has 1 aromatic rings. The van der Waals surface area contributed by atoms with Crippen molar-refractivity contribution < 1.29 is 9.47 Å². The molecule has 0 amide bonds. The van der Waals surface area contributed by atoms with Gasteiger partial charge in [-0.05, 0) is 94.2 Å². The number of rotatable bonds is 6. The minimum atomic E-state index is -0.0668. The largest absolute Gasteiger partial charge is 0.493 e. The maximum Gasteiger partial charge on any atom is 0.161 e. The molecule has 4 aliphatic carbocycles. The Morgan fingerprint density at radius 1 is 0.935 bits per heavy atom. The molecular formula is C25H38Cl2N2O2. The number of benzene rings is 1. The minimum Gasteiger partial charge on any atom is -0.493 e. The lowest BCUT2D eigenvalue weighted by atomic mass is 9.53. The van der Waals surface area contributed by atoms with Crippen molar-refractivity contribution in [3.63, 3.8) is 0 Å². The van der Waals surface area contributed by atoms with Gasteiger partial charge >= 0.3 is 0 Å². The fourth-order valence-electron chi connectivity index (χ4n) is 7.23. The molecule has 1 heterocycles. The van der Waals surface area contributed by atoms with Gasteiger partial charge in [0.15, 0.2) is 11.5 Å². The molecule has 4 bridgehead atoms. The predicted octanol–water partition coefficient (Wildman–Crippen LogP) is 5.62. The summed E-state index contributed by atoms with van der Waals surface area (Å²) in [5, 5.41) is 4.05. The summed E-state index contributed by atoms with van der Waals surface area (Å²) in [5.74, 6) is 4.56. The van der Waals surface area contributed by atoms with Gasteiger partial charge in [0.25, 0.3) is 0 Å². The molecule has 1 aromatic carbocycles. The molecule has 0 radical (unpaired) electrons. The zero-order valence-electron chi connectivity index (χ0n) is 19.3. The van der Waals surface area contributed by atoms with Crippen molar-refractivity contribution in [2.24, 2.45) is 22.7 Å². The van der Waals surface area contributed by atoms with Crippen LogP contribution in [0.15, 0.2) is 17.1 Å². The van der Waals surface area contributed by atoms with Gasteiger partial charge in [-0.2, -0.15) is 0 Å². The van der Waals surface area contributed by atoms with E-state index in [-0.39, 0.29) is 30.4 Å². The summed E-state index contributed by atoms with van der Waals surface area (Å²) in [5.41, 5.74) is 4.14. The topological polar surface area (TPSA) is 42.9 Å². The van der Waals surface area contributed by atoms with Crippen LogP contribution >= 0.6 is 24.8 Å². The fraction of sp³-hybridized carbons (Fsp3) is 0.720. The second-order valence-corrected chi connectivity index (χ2v) is 10.8. The van der Waals surface area contributed by atoms with E-state index in [1.54, 1.807) is 14.2 Å². The third-order valence-electron chi connectivity index (χ3n) is 7.88. The Hall–Kier alpha value is -0.970. The molecule has 6 heteroatoms. The van der Waals surface area contributed by atoms with E-state index in [2.05, 4.69) is 31.3 Å². The van der Waals surface area contributed by atoms with Crippen LogP contribution in [0.25, 0.3) is 0 Å². The molecule has 0 saturated heterocycles. The molecular weight excluding hydrogens is 431 g/mol. The molecule has 4 saturated carbocycles. The summed E-state index contributed by atoms with van der Waals surface area (Å²) < 4.78 is 11.1. The van der Waals surface area contributed by atoms with E-state index in [1.165, 1.54) is 55.4 Å². The van der Waals surface area contributed by atoms with Crippen molar-refractivity contribution in [1.29, 1.82) is 0 Å². The Labute approximate surface area is 199 Å². The smallest absolute Gasteiger partial charge is 0.161 e. The van der Waals surface area contributed by atoms with Crippen molar-refractivity contribution in [3.05, 3.63) is 23.3 Å². The normalized spacial score (nSPS) is 31.7. The van der Waals surface area contributed by atoms with Crippen molar-refractivity contribution in [2.45, 2.75) is 76.3 Å². The van der Waals surface area contributed by atoms with Gasteiger partial charge in [-0.1, -0.05) is 0 Å². The third-order valence-corrected chi connectivity index (χ3v) is 7.88. The van der Waals surface area contributed by atoms with E-state index in [0.29, 0.717) is 5.54 Å². The predicted molar refractivity (Wildman–Crippen MR) is 132 cm³/mol. The molecule has 0 spiro atoms. The number of halogens is 2. The molecule has 4 nitrogen and oxygen atoms in total. The fourth-order valence-corrected chi connectivity index (χ4v) is 7.23. The summed E-state index contributed by atoms with van der Waals surface area (Å²) >= 11 is 0. The number of hydrogen-bond donors (Lipinski definition) is 1. The SMILES string of the molecule is COc1cc2c(cc1OC)C(CCNC13CC4CC(CC(C4)C1)C3)=NC(C)(C)C2.Cl.Cl. The lowest BCUT2D eigenvalue weighted by Crippen LogP contribution is -2.58. The molecule has 31 heavy (non-hydrogen) atoms. The molecule has 1 N–H and O–H groups in total. The van der Waals surface area contributed by atoms with Gasteiger partial charge in [0.05, 0.1) is 19.8 Å². The Morgan fingerprint density at radius 3 is 2.03 bits per heavy atom. The summed E-state index contributed by atoms with van der Waals surface area (Å²) in [6, 6.07) is 4.28. The summed E-state index contributed by atoms with van der Waals surface area (Å²) in [6.45, 7) is 5.49. The summed E-state index contributed by atoms with van der Waals surface area (Å²) in [4.78, 5) is 5.15. The van der Waals surface area contributed by atoms with Gasteiger partial charge in [0.1, 0.15) is 0 Å². The Kier molecular flexibility index (Phi) is 7.25. The summed E-state index contributed by atoms with van der Waals surface area (Å²) in [6.07, 6.45) is 10.6. The van der Waals surface area contributed by atoms with Gasteiger partial charge in [0.2, 0.25) is 0 Å². The van der Waals surface area contributed by atoms with Gasteiger partial charge in [-0.15, -0.1) is 24.8 Å². The van der Waals surface area contributed by atoms with Crippen LogP contribution in [0.4, 0.5) is 0 Å². The van der Waals surface area contributed by atoms with Gasteiger partial charge in [-0.3, -0.25) is 4.99 Å². The first-order chi connectivity index (χ1) is 13.9. The van der Waals surface area contributed by atoms with Crippen molar-refractivity contribution in [2.75, 3.05) is 20.8 Å². The van der Waals surface area contributed by atoms with Crippen LogP contribution in [-0.2, 0) is 6.42 Å². The number of hydrogen-bond acceptors (Lipinski definition) is 4.